The van der Waals surface area contributed by atoms with E-state index in [0.29, 0.717) is 29.0 Å². The molecule has 1 saturated heterocycles. The third-order valence-electron chi connectivity index (χ3n) is 5.78. The molecule has 1 aliphatic heterocycles. The van der Waals surface area contributed by atoms with Crippen LogP contribution in [0.3, 0.4) is 0 Å². The number of nitrogens with one attached hydrogen (secondary N) is 2. The van der Waals surface area contributed by atoms with E-state index < -0.39 is 0 Å². The van der Waals surface area contributed by atoms with E-state index in [1.807, 2.05) is 24.3 Å². The van der Waals surface area contributed by atoms with Gasteiger partial charge in [-0.15, -0.1) is 0 Å². The molecule has 5 nitrogen and oxygen atoms in total. The molecule has 2 aromatic rings. The maximum Gasteiger partial charge on any atom is 0.232 e. The molecule has 6 heteroatoms. The lowest BCUT2D eigenvalue weighted by Gasteiger charge is -2.37. The molecule has 2 N–H and O–H groups in total. The Morgan fingerprint density at radius 2 is 2.26 bits per heavy atom. The van der Waals surface area contributed by atoms with Crippen LogP contribution < -0.4 is 15.4 Å². The molecule has 1 aliphatic carbocycles. The number of carbonyl (C=O) groups is 1. The first kappa shape index (κ1) is 18.3. The number of hydrogen-bond donors (Lipinski definition) is 2. The van der Waals surface area contributed by atoms with E-state index in [0.717, 1.165) is 38.0 Å². The maximum atomic E-state index is 13.0. The topological polar surface area (TPSA) is 63.2 Å². The van der Waals surface area contributed by atoms with Crippen LogP contribution in [-0.4, -0.2) is 24.0 Å². The molecule has 0 spiro atoms. The lowest BCUT2D eigenvalue weighted by Crippen LogP contribution is -2.44. The zero-order valence-corrected chi connectivity index (χ0v) is 16.0. The number of hydrogen-bond acceptors (Lipinski definition) is 4. The lowest BCUT2D eigenvalue weighted by atomic mass is 9.67. The second-order valence-electron chi connectivity index (χ2n) is 7.44. The fraction of sp³-hybridized carbons (Fsp3) is 0.429. The van der Waals surface area contributed by atoms with E-state index in [1.165, 1.54) is 6.42 Å². The van der Waals surface area contributed by atoms with Gasteiger partial charge in [-0.25, -0.2) is 0 Å². The van der Waals surface area contributed by atoms with Gasteiger partial charge in [0, 0.05) is 18.4 Å². The van der Waals surface area contributed by atoms with Gasteiger partial charge < -0.3 is 15.4 Å². The molecule has 0 bridgehead atoms. The highest BCUT2D eigenvalue weighted by molar-refractivity contribution is 6.32. The van der Waals surface area contributed by atoms with Crippen molar-refractivity contribution < 1.29 is 9.53 Å². The van der Waals surface area contributed by atoms with Gasteiger partial charge in [-0.3, -0.25) is 9.78 Å². The fourth-order valence-corrected chi connectivity index (χ4v) is 4.51. The van der Waals surface area contributed by atoms with E-state index >= 15 is 0 Å². The smallest absolute Gasteiger partial charge is 0.232 e. The van der Waals surface area contributed by atoms with Gasteiger partial charge in [-0.1, -0.05) is 30.5 Å². The number of ether oxygens (including phenoxy) is 1. The van der Waals surface area contributed by atoms with Crippen LogP contribution in [0.15, 0.2) is 42.6 Å². The first-order valence-corrected chi connectivity index (χ1v) is 9.90. The Morgan fingerprint density at radius 1 is 1.33 bits per heavy atom. The van der Waals surface area contributed by atoms with Crippen LogP contribution in [0.2, 0.25) is 5.02 Å². The zero-order chi connectivity index (χ0) is 18.7. The summed E-state index contributed by atoms with van der Waals surface area (Å²) >= 11 is 6.37. The number of anilines is 1. The molecule has 0 radical (unpaired) electrons. The van der Waals surface area contributed by atoms with E-state index in [-0.39, 0.29) is 11.3 Å². The molecule has 1 aromatic heterocycles. The number of amides is 1. The Kier molecular flexibility index (Phi) is 5.32. The summed E-state index contributed by atoms with van der Waals surface area (Å²) in [6.07, 6.45) is 6.15. The Bertz CT molecular complexity index is 814. The highest BCUT2D eigenvalue weighted by Crippen LogP contribution is 2.44. The van der Waals surface area contributed by atoms with Crippen molar-refractivity contribution in [1.29, 1.82) is 0 Å². The van der Waals surface area contributed by atoms with Crippen molar-refractivity contribution >= 4 is 23.2 Å². The molecule has 2 aliphatic rings. The van der Waals surface area contributed by atoms with Gasteiger partial charge in [-0.05, 0) is 55.6 Å². The minimum atomic E-state index is -0.279. The van der Waals surface area contributed by atoms with Crippen molar-refractivity contribution in [3.8, 4) is 5.75 Å². The van der Waals surface area contributed by atoms with E-state index in [2.05, 4.69) is 15.6 Å². The molecular formula is C21H24ClN3O2. The average Bonchev–Trinajstić information content (AvgIpc) is 3.13. The van der Waals surface area contributed by atoms with Crippen LogP contribution >= 0.6 is 11.6 Å². The first-order chi connectivity index (χ1) is 13.2. The van der Waals surface area contributed by atoms with Crippen LogP contribution in [-0.2, 0) is 11.4 Å². The van der Waals surface area contributed by atoms with Crippen molar-refractivity contribution in [3.63, 3.8) is 0 Å². The van der Waals surface area contributed by atoms with Crippen LogP contribution in [0, 0.1) is 11.3 Å². The predicted octanol–water partition coefficient (Wildman–Crippen LogP) is 4.03. The highest BCUT2D eigenvalue weighted by atomic mass is 35.5. The molecule has 1 aromatic carbocycles. The number of nitrogens with zero attached hydrogens (tertiary/aromatic N) is 1. The molecule has 2 fully saturated rings. The zero-order valence-electron chi connectivity index (χ0n) is 15.2. The Labute approximate surface area is 164 Å². The number of aromatic nitrogens is 1. The van der Waals surface area contributed by atoms with Gasteiger partial charge in [0.2, 0.25) is 5.91 Å². The molecule has 142 valence electrons. The molecule has 2 atom stereocenters. The van der Waals surface area contributed by atoms with Crippen LogP contribution in [0.25, 0.3) is 0 Å². The molecule has 4 rings (SSSR count). The van der Waals surface area contributed by atoms with Gasteiger partial charge in [0.05, 0.1) is 16.1 Å². The van der Waals surface area contributed by atoms with Crippen molar-refractivity contribution in [2.75, 3.05) is 18.4 Å². The minimum Gasteiger partial charge on any atom is -0.486 e. The van der Waals surface area contributed by atoms with Gasteiger partial charge in [0.1, 0.15) is 12.4 Å². The quantitative estimate of drug-likeness (QED) is 0.815. The summed E-state index contributed by atoms with van der Waals surface area (Å²) in [7, 11) is 0. The van der Waals surface area contributed by atoms with Gasteiger partial charge in [0.25, 0.3) is 0 Å². The van der Waals surface area contributed by atoms with Gasteiger partial charge in [-0.2, -0.15) is 0 Å². The number of carbonyl (C=O) groups excluding carboxylic acids is 1. The van der Waals surface area contributed by atoms with Crippen molar-refractivity contribution in [3.05, 3.63) is 53.3 Å². The maximum absolute atomic E-state index is 13.0. The monoisotopic (exact) mass is 385 g/mol. The van der Waals surface area contributed by atoms with Crippen molar-refractivity contribution in [2.24, 2.45) is 11.3 Å². The summed E-state index contributed by atoms with van der Waals surface area (Å²) in [6, 6.07) is 11.1. The molecule has 0 unspecified atom stereocenters. The average molecular weight is 386 g/mol. The molecule has 1 amide bonds. The van der Waals surface area contributed by atoms with E-state index in [9.17, 15) is 4.79 Å². The third kappa shape index (κ3) is 3.80. The number of halogens is 1. The lowest BCUT2D eigenvalue weighted by molar-refractivity contribution is -0.128. The third-order valence-corrected chi connectivity index (χ3v) is 6.08. The Morgan fingerprint density at radius 3 is 3.07 bits per heavy atom. The second kappa shape index (κ2) is 7.87. The normalized spacial score (nSPS) is 24.3. The summed E-state index contributed by atoms with van der Waals surface area (Å²) in [6.45, 7) is 2.06. The van der Waals surface area contributed by atoms with Gasteiger partial charge in [0.15, 0.2) is 0 Å². The van der Waals surface area contributed by atoms with Crippen LogP contribution in [0.4, 0.5) is 5.69 Å². The van der Waals surface area contributed by atoms with Crippen molar-refractivity contribution in [1.82, 2.24) is 10.3 Å². The Balaban J connectivity index is 1.42. The number of benzene rings is 1. The molecular weight excluding hydrogens is 362 g/mol. The largest absolute Gasteiger partial charge is 0.486 e. The summed E-state index contributed by atoms with van der Waals surface area (Å²) in [5.74, 6) is 1.12. The van der Waals surface area contributed by atoms with Crippen molar-refractivity contribution in [2.45, 2.75) is 32.3 Å². The molecule has 1 saturated carbocycles. The SMILES string of the molecule is O=C(Nc1ccc(OCc2ccccn2)c(Cl)c1)[C@@]12CCCC[C@H]1CNC2. The summed E-state index contributed by atoms with van der Waals surface area (Å²) < 4.78 is 5.75. The second-order valence-corrected chi connectivity index (χ2v) is 7.85. The predicted molar refractivity (Wildman–Crippen MR) is 106 cm³/mol. The van der Waals surface area contributed by atoms with Gasteiger partial charge >= 0.3 is 0 Å². The standard InChI is InChI=1S/C21H24ClN3O2/c22-18-11-16(7-8-19(18)27-13-17-6-2-4-10-24-17)25-20(26)21-9-3-1-5-15(21)12-23-14-21/h2,4,6-8,10-11,15,23H,1,3,5,9,12-14H2,(H,25,26)/t15-,21+/m0/s1. The molecule has 2 heterocycles. The van der Waals surface area contributed by atoms with Crippen LogP contribution in [0.5, 0.6) is 5.75 Å². The fourth-order valence-electron chi connectivity index (χ4n) is 4.28. The summed E-state index contributed by atoms with van der Waals surface area (Å²) in [4.78, 5) is 17.3. The number of fused-ring (bicyclic) bond motifs is 1. The van der Waals surface area contributed by atoms with E-state index in [1.54, 1.807) is 18.3 Å². The summed E-state index contributed by atoms with van der Waals surface area (Å²) in [5, 5.41) is 6.97. The highest BCUT2D eigenvalue weighted by Gasteiger charge is 2.49. The van der Waals surface area contributed by atoms with E-state index in [4.69, 9.17) is 16.3 Å². The molecule has 27 heavy (non-hydrogen) atoms. The number of pyridine rings is 1. The first-order valence-electron chi connectivity index (χ1n) is 9.52. The summed E-state index contributed by atoms with van der Waals surface area (Å²) in [5.41, 5.74) is 1.27. The minimum absolute atomic E-state index is 0.107. The Hall–Kier alpha value is -2.11. The van der Waals surface area contributed by atoms with Crippen LogP contribution in [0.1, 0.15) is 31.4 Å². The number of rotatable bonds is 5.